The smallest absolute Gasteiger partial charge is 0.164 e. The molecular weight excluding hydrogens is 372 g/mol. The second-order valence-corrected chi connectivity index (χ2v) is 7.14. The molecule has 1 N–H and O–H groups in total. The minimum Gasteiger partial charge on any atom is -0.493 e. The molecule has 0 aliphatic carbocycles. The summed E-state index contributed by atoms with van der Waals surface area (Å²) in [5, 5.41) is 6.63. The number of benzene rings is 1. The molecule has 1 aromatic carbocycles. The van der Waals surface area contributed by atoms with E-state index in [9.17, 15) is 0 Å². The summed E-state index contributed by atoms with van der Waals surface area (Å²) in [6, 6.07) is 9.73. The van der Waals surface area contributed by atoms with Gasteiger partial charge in [-0.1, -0.05) is 6.07 Å². The number of rotatable bonds is 6. The van der Waals surface area contributed by atoms with Crippen molar-refractivity contribution in [1.29, 1.82) is 0 Å². The van der Waals surface area contributed by atoms with Gasteiger partial charge >= 0.3 is 0 Å². The molecular formula is C21H20N4O2S. The maximum Gasteiger partial charge on any atom is 0.164 e. The monoisotopic (exact) mass is 392 g/mol. The van der Waals surface area contributed by atoms with E-state index in [1.54, 1.807) is 38.0 Å². The summed E-state index contributed by atoms with van der Waals surface area (Å²) in [4.78, 5) is 14.6. The van der Waals surface area contributed by atoms with E-state index in [0.29, 0.717) is 23.9 Å². The lowest BCUT2D eigenvalue weighted by Gasteiger charge is -2.12. The van der Waals surface area contributed by atoms with Crippen LogP contribution in [-0.4, -0.2) is 29.2 Å². The Balaban J connectivity index is 1.69. The molecule has 4 rings (SSSR count). The standard InChI is InChI=1S/C21H20N4O2S/c1-13-12-28-21-18(13)20(24-19(25-21)15-5-4-8-22-11-15)23-10-14-6-7-16(26-2)17(9-14)27-3/h4-9,11-12H,10H2,1-3H3,(H,23,24,25). The first-order valence-electron chi connectivity index (χ1n) is 8.80. The molecule has 142 valence electrons. The Morgan fingerprint density at radius 3 is 2.68 bits per heavy atom. The molecule has 0 aliphatic rings. The van der Waals surface area contributed by atoms with E-state index in [-0.39, 0.29) is 0 Å². The van der Waals surface area contributed by atoms with Crippen molar-refractivity contribution < 1.29 is 9.47 Å². The predicted molar refractivity (Wildman–Crippen MR) is 112 cm³/mol. The Morgan fingerprint density at radius 2 is 1.93 bits per heavy atom. The van der Waals surface area contributed by atoms with Gasteiger partial charge in [-0.2, -0.15) is 0 Å². The number of aromatic nitrogens is 3. The van der Waals surface area contributed by atoms with E-state index in [1.807, 2.05) is 30.3 Å². The summed E-state index contributed by atoms with van der Waals surface area (Å²) in [7, 11) is 3.27. The van der Waals surface area contributed by atoms with Gasteiger partial charge in [0.25, 0.3) is 0 Å². The zero-order valence-corrected chi connectivity index (χ0v) is 16.7. The van der Waals surface area contributed by atoms with Crippen LogP contribution in [0.3, 0.4) is 0 Å². The van der Waals surface area contributed by atoms with E-state index in [2.05, 4.69) is 22.6 Å². The van der Waals surface area contributed by atoms with Crippen LogP contribution in [-0.2, 0) is 6.54 Å². The highest BCUT2D eigenvalue weighted by molar-refractivity contribution is 7.17. The van der Waals surface area contributed by atoms with E-state index in [4.69, 9.17) is 19.4 Å². The number of aryl methyl sites for hydroxylation is 1. The van der Waals surface area contributed by atoms with Gasteiger partial charge in [0.2, 0.25) is 0 Å². The van der Waals surface area contributed by atoms with Crippen LogP contribution < -0.4 is 14.8 Å². The van der Waals surface area contributed by atoms with Crippen LogP contribution >= 0.6 is 11.3 Å². The predicted octanol–water partition coefficient (Wildman–Crippen LogP) is 4.69. The molecule has 0 bridgehead atoms. The lowest BCUT2D eigenvalue weighted by molar-refractivity contribution is 0.354. The van der Waals surface area contributed by atoms with Crippen LogP contribution in [0.15, 0.2) is 48.1 Å². The number of nitrogens with one attached hydrogen (secondary N) is 1. The fraction of sp³-hybridized carbons (Fsp3) is 0.190. The molecule has 28 heavy (non-hydrogen) atoms. The molecule has 0 amide bonds. The van der Waals surface area contributed by atoms with E-state index >= 15 is 0 Å². The van der Waals surface area contributed by atoms with Crippen molar-refractivity contribution in [3.63, 3.8) is 0 Å². The summed E-state index contributed by atoms with van der Waals surface area (Å²) in [6.45, 7) is 2.68. The third-order valence-corrected chi connectivity index (χ3v) is 5.44. The van der Waals surface area contributed by atoms with Crippen molar-refractivity contribution in [3.8, 4) is 22.9 Å². The lowest BCUT2D eigenvalue weighted by Crippen LogP contribution is -2.04. The van der Waals surface area contributed by atoms with Crippen LogP contribution in [0.5, 0.6) is 11.5 Å². The molecule has 0 atom stereocenters. The number of fused-ring (bicyclic) bond motifs is 1. The fourth-order valence-electron chi connectivity index (χ4n) is 3.01. The van der Waals surface area contributed by atoms with Gasteiger partial charge in [-0.15, -0.1) is 11.3 Å². The molecule has 0 fully saturated rings. The largest absolute Gasteiger partial charge is 0.493 e. The van der Waals surface area contributed by atoms with Crippen LogP contribution in [0.4, 0.5) is 5.82 Å². The first-order valence-corrected chi connectivity index (χ1v) is 9.68. The highest BCUT2D eigenvalue weighted by Crippen LogP contribution is 2.32. The Morgan fingerprint density at radius 1 is 1.07 bits per heavy atom. The number of anilines is 1. The highest BCUT2D eigenvalue weighted by Gasteiger charge is 2.14. The number of nitrogens with zero attached hydrogens (tertiary/aromatic N) is 3. The molecule has 0 unspecified atom stereocenters. The maximum atomic E-state index is 5.40. The summed E-state index contributed by atoms with van der Waals surface area (Å²) in [5.74, 6) is 2.90. The molecule has 0 spiro atoms. The van der Waals surface area contributed by atoms with E-state index in [0.717, 1.165) is 32.7 Å². The summed E-state index contributed by atoms with van der Waals surface area (Å²) >= 11 is 1.62. The zero-order chi connectivity index (χ0) is 19.5. The molecule has 0 radical (unpaired) electrons. The topological polar surface area (TPSA) is 69.2 Å². The van der Waals surface area contributed by atoms with Crippen molar-refractivity contribution in [2.45, 2.75) is 13.5 Å². The van der Waals surface area contributed by atoms with E-state index < -0.39 is 0 Å². The van der Waals surface area contributed by atoms with Gasteiger partial charge in [0.05, 0.1) is 19.6 Å². The summed E-state index contributed by atoms with van der Waals surface area (Å²) in [5.41, 5.74) is 3.12. The summed E-state index contributed by atoms with van der Waals surface area (Å²) < 4.78 is 10.7. The van der Waals surface area contributed by atoms with Gasteiger partial charge in [0.1, 0.15) is 10.6 Å². The van der Waals surface area contributed by atoms with Gasteiger partial charge in [-0.25, -0.2) is 9.97 Å². The number of methoxy groups -OCH3 is 2. The fourth-order valence-corrected chi connectivity index (χ4v) is 3.93. The normalized spacial score (nSPS) is 10.8. The molecule has 3 heterocycles. The average Bonchev–Trinajstić information content (AvgIpc) is 3.13. The number of thiophene rings is 1. The van der Waals surface area contributed by atoms with Gasteiger partial charge < -0.3 is 14.8 Å². The molecule has 6 nitrogen and oxygen atoms in total. The SMILES string of the molecule is COc1ccc(CNc2nc(-c3cccnc3)nc3scc(C)c23)cc1OC. The molecule has 0 saturated heterocycles. The number of pyridine rings is 1. The lowest BCUT2D eigenvalue weighted by atomic mass is 10.2. The van der Waals surface area contributed by atoms with Crippen molar-refractivity contribution in [1.82, 2.24) is 15.0 Å². The van der Waals surface area contributed by atoms with Crippen molar-refractivity contribution in [2.24, 2.45) is 0 Å². The van der Waals surface area contributed by atoms with Gasteiger partial charge in [0.15, 0.2) is 17.3 Å². The van der Waals surface area contributed by atoms with Crippen molar-refractivity contribution >= 4 is 27.4 Å². The van der Waals surface area contributed by atoms with Gasteiger partial charge in [-0.3, -0.25) is 4.98 Å². The average molecular weight is 392 g/mol. The first kappa shape index (κ1) is 18.2. The van der Waals surface area contributed by atoms with E-state index in [1.165, 1.54) is 0 Å². The van der Waals surface area contributed by atoms with Gasteiger partial charge in [0, 0.05) is 24.5 Å². The highest BCUT2D eigenvalue weighted by atomic mass is 32.1. The molecule has 3 aromatic heterocycles. The van der Waals surface area contributed by atoms with Crippen molar-refractivity contribution in [3.05, 3.63) is 59.2 Å². The minimum absolute atomic E-state index is 0.605. The minimum atomic E-state index is 0.605. The number of hydrogen-bond acceptors (Lipinski definition) is 7. The van der Waals surface area contributed by atoms with Crippen molar-refractivity contribution in [2.75, 3.05) is 19.5 Å². The van der Waals surface area contributed by atoms with Crippen LogP contribution in [0.1, 0.15) is 11.1 Å². The number of ether oxygens (including phenoxy) is 2. The summed E-state index contributed by atoms with van der Waals surface area (Å²) in [6.07, 6.45) is 3.52. The Kier molecular flexibility index (Phi) is 5.08. The van der Waals surface area contributed by atoms with Gasteiger partial charge in [-0.05, 0) is 47.7 Å². The Hall–Kier alpha value is -3.19. The number of hydrogen-bond donors (Lipinski definition) is 1. The molecule has 0 aliphatic heterocycles. The third-order valence-electron chi connectivity index (χ3n) is 4.45. The second kappa shape index (κ2) is 7.82. The molecule has 0 saturated carbocycles. The molecule has 7 heteroatoms. The van der Waals surface area contributed by atoms with Crippen LogP contribution in [0.2, 0.25) is 0 Å². The Bertz CT molecular complexity index is 1110. The Labute approximate surface area is 167 Å². The third kappa shape index (κ3) is 3.48. The maximum absolute atomic E-state index is 5.40. The second-order valence-electron chi connectivity index (χ2n) is 6.28. The molecule has 4 aromatic rings. The quantitative estimate of drug-likeness (QED) is 0.513. The van der Waals surface area contributed by atoms with Crippen LogP contribution in [0.25, 0.3) is 21.6 Å². The zero-order valence-electron chi connectivity index (χ0n) is 15.9. The van der Waals surface area contributed by atoms with Crippen LogP contribution in [0, 0.1) is 6.92 Å². The first-order chi connectivity index (χ1) is 13.7.